The van der Waals surface area contributed by atoms with Crippen LogP contribution in [0.25, 0.3) is 22.1 Å². The summed E-state index contributed by atoms with van der Waals surface area (Å²) in [5, 5.41) is 8.09. The standard InChI is InChI=1S/C15H11N5O/c21-15(19-10-16-11-5-1-3-7-13(11)19)9-20-14-8-4-2-6-12(14)17-18-20/h1-8,10H,9H2. The third-order valence-electron chi connectivity index (χ3n) is 3.43. The average molecular weight is 277 g/mol. The predicted octanol–water partition coefficient (Wildman–Crippen LogP) is 2.12. The Morgan fingerprint density at radius 2 is 1.67 bits per heavy atom. The molecule has 6 heteroatoms. The van der Waals surface area contributed by atoms with Crippen molar-refractivity contribution in [2.45, 2.75) is 6.54 Å². The topological polar surface area (TPSA) is 65.6 Å². The lowest BCUT2D eigenvalue weighted by molar-refractivity contribution is 0.0892. The normalized spacial score (nSPS) is 11.2. The fraction of sp³-hybridized carbons (Fsp3) is 0.0667. The zero-order valence-corrected chi connectivity index (χ0v) is 11.0. The summed E-state index contributed by atoms with van der Waals surface area (Å²) in [4.78, 5) is 16.7. The van der Waals surface area contributed by atoms with Crippen molar-refractivity contribution >= 4 is 28.0 Å². The van der Waals surface area contributed by atoms with E-state index in [1.54, 1.807) is 15.6 Å². The van der Waals surface area contributed by atoms with Crippen LogP contribution in [0.5, 0.6) is 0 Å². The van der Waals surface area contributed by atoms with Gasteiger partial charge in [-0.15, -0.1) is 5.10 Å². The van der Waals surface area contributed by atoms with Gasteiger partial charge in [-0.05, 0) is 24.3 Å². The van der Waals surface area contributed by atoms with Crippen molar-refractivity contribution in [1.82, 2.24) is 24.5 Å². The van der Waals surface area contributed by atoms with Crippen LogP contribution in [0.2, 0.25) is 0 Å². The second kappa shape index (κ2) is 4.52. The van der Waals surface area contributed by atoms with E-state index in [9.17, 15) is 4.79 Å². The number of imidazole rings is 1. The number of carbonyl (C=O) groups is 1. The van der Waals surface area contributed by atoms with Crippen LogP contribution < -0.4 is 0 Å². The molecule has 102 valence electrons. The molecule has 6 nitrogen and oxygen atoms in total. The van der Waals surface area contributed by atoms with E-state index in [0.717, 1.165) is 22.1 Å². The molecule has 0 atom stereocenters. The summed E-state index contributed by atoms with van der Waals surface area (Å²) in [6.07, 6.45) is 1.55. The van der Waals surface area contributed by atoms with Gasteiger partial charge < -0.3 is 0 Å². The Bertz CT molecular complexity index is 953. The molecule has 0 unspecified atom stereocenters. The minimum Gasteiger partial charge on any atom is -0.272 e. The molecule has 0 aliphatic rings. The molecular weight excluding hydrogens is 266 g/mol. The number of nitrogens with zero attached hydrogens (tertiary/aromatic N) is 5. The zero-order valence-electron chi connectivity index (χ0n) is 11.0. The molecule has 0 aliphatic heterocycles. The van der Waals surface area contributed by atoms with E-state index in [1.807, 2.05) is 48.5 Å². The molecule has 0 fully saturated rings. The SMILES string of the molecule is O=C(Cn1nnc2ccccc21)n1cnc2ccccc21. The first-order valence-electron chi connectivity index (χ1n) is 6.56. The van der Waals surface area contributed by atoms with Crippen LogP contribution in [-0.2, 0) is 6.54 Å². The molecule has 0 aliphatic carbocycles. The highest BCUT2D eigenvalue weighted by Crippen LogP contribution is 2.13. The molecule has 0 radical (unpaired) electrons. The molecule has 0 bridgehead atoms. The maximum absolute atomic E-state index is 12.5. The number of aromatic nitrogens is 5. The van der Waals surface area contributed by atoms with E-state index in [4.69, 9.17) is 0 Å². The van der Waals surface area contributed by atoms with Crippen molar-refractivity contribution in [3.8, 4) is 0 Å². The Labute approximate surface area is 119 Å². The highest BCUT2D eigenvalue weighted by molar-refractivity contribution is 5.90. The van der Waals surface area contributed by atoms with E-state index in [1.165, 1.54) is 0 Å². The van der Waals surface area contributed by atoms with Gasteiger partial charge in [0.25, 0.3) is 5.91 Å². The molecule has 2 aromatic heterocycles. The van der Waals surface area contributed by atoms with Crippen molar-refractivity contribution in [3.05, 3.63) is 54.9 Å². The minimum absolute atomic E-state index is 0.0978. The minimum atomic E-state index is -0.0978. The molecule has 0 amide bonds. The first kappa shape index (κ1) is 11.8. The van der Waals surface area contributed by atoms with Crippen LogP contribution in [0.1, 0.15) is 4.79 Å². The fourth-order valence-electron chi connectivity index (χ4n) is 2.40. The van der Waals surface area contributed by atoms with E-state index >= 15 is 0 Å². The lowest BCUT2D eigenvalue weighted by Crippen LogP contribution is -2.17. The number of rotatable bonds is 2. The highest BCUT2D eigenvalue weighted by atomic mass is 16.2. The Balaban J connectivity index is 1.72. The van der Waals surface area contributed by atoms with Gasteiger partial charge in [-0.1, -0.05) is 29.5 Å². The monoisotopic (exact) mass is 277 g/mol. The van der Waals surface area contributed by atoms with Gasteiger partial charge in [0, 0.05) is 0 Å². The third kappa shape index (κ3) is 1.88. The van der Waals surface area contributed by atoms with Crippen LogP contribution in [0.4, 0.5) is 0 Å². The summed E-state index contributed by atoms with van der Waals surface area (Å²) >= 11 is 0. The fourth-order valence-corrected chi connectivity index (χ4v) is 2.40. The van der Waals surface area contributed by atoms with Gasteiger partial charge in [0.2, 0.25) is 0 Å². The lowest BCUT2D eigenvalue weighted by Gasteiger charge is -2.03. The highest BCUT2D eigenvalue weighted by Gasteiger charge is 2.12. The van der Waals surface area contributed by atoms with E-state index < -0.39 is 0 Å². The molecule has 2 heterocycles. The van der Waals surface area contributed by atoms with E-state index in [-0.39, 0.29) is 12.5 Å². The van der Waals surface area contributed by atoms with Gasteiger partial charge in [0.05, 0.1) is 16.6 Å². The Morgan fingerprint density at radius 3 is 2.52 bits per heavy atom. The second-order valence-corrected chi connectivity index (χ2v) is 4.73. The van der Waals surface area contributed by atoms with Crippen molar-refractivity contribution in [2.24, 2.45) is 0 Å². The van der Waals surface area contributed by atoms with Crippen LogP contribution >= 0.6 is 0 Å². The second-order valence-electron chi connectivity index (χ2n) is 4.73. The van der Waals surface area contributed by atoms with Crippen molar-refractivity contribution in [2.75, 3.05) is 0 Å². The molecular formula is C15H11N5O. The summed E-state index contributed by atoms with van der Waals surface area (Å²) < 4.78 is 3.15. The number of benzene rings is 2. The Morgan fingerprint density at radius 1 is 0.952 bits per heavy atom. The van der Waals surface area contributed by atoms with Gasteiger partial charge in [-0.3, -0.25) is 9.36 Å². The number of hydrogen-bond acceptors (Lipinski definition) is 4. The molecule has 4 aromatic rings. The summed E-state index contributed by atoms with van der Waals surface area (Å²) in [6, 6.07) is 15.1. The number of para-hydroxylation sites is 3. The largest absolute Gasteiger partial charge is 0.272 e. The van der Waals surface area contributed by atoms with Crippen LogP contribution in [0, 0.1) is 0 Å². The lowest BCUT2D eigenvalue weighted by atomic mass is 10.3. The molecule has 21 heavy (non-hydrogen) atoms. The first-order chi connectivity index (χ1) is 10.3. The van der Waals surface area contributed by atoms with Gasteiger partial charge in [0.1, 0.15) is 18.4 Å². The summed E-state index contributed by atoms with van der Waals surface area (Å²) in [6.45, 7) is 0.126. The smallest absolute Gasteiger partial charge is 0.254 e. The van der Waals surface area contributed by atoms with Gasteiger partial charge >= 0.3 is 0 Å². The molecule has 4 rings (SSSR count). The van der Waals surface area contributed by atoms with Crippen molar-refractivity contribution in [3.63, 3.8) is 0 Å². The third-order valence-corrected chi connectivity index (χ3v) is 3.43. The van der Waals surface area contributed by atoms with Crippen molar-refractivity contribution in [1.29, 1.82) is 0 Å². The van der Waals surface area contributed by atoms with Gasteiger partial charge in [0.15, 0.2) is 0 Å². The Hall–Kier alpha value is -3.02. The molecule has 0 spiro atoms. The quantitative estimate of drug-likeness (QED) is 0.563. The summed E-state index contributed by atoms with van der Waals surface area (Å²) in [5.74, 6) is -0.0978. The summed E-state index contributed by atoms with van der Waals surface area (Å²) in [5.41, 5.74) is 3.22. The summed E-state index contributed by atoms with van der Waals surface area (Å²) in [7, 11) is 0. The molecule has 0 saturated heterocycles. The number of fused-ring (bicyclic) bond motifs is 2. The van der Waals surface area contributed by atoms with Crippen LogP contribution in [0.15, 0.2) is 54.9 Å². The molecule has 0 N–H and O–H groups in total. The van der Waals surface area contributed by atoms with E-state index in [2.05, 4.69) is 15.3 Å². The maximum atomic E-state index is 12.5. The zero-order chi connectivity index (χ0) is 14.2. The first-order valence-corrected chi connectivity index (χ1v) is 6.56. The van der Waals surface area contributed by atoms with Crippen LogP contribution in [-0.4, -0.2) is 30.5 Å². The number of carbonyl (C=O) groups excluding carboxylic acids is 1. The average Bonchev–Trinajstić information content (AvgIpc) is 3.12. The molecule has 2 aromatic carbocycles. The van der Waals surface area contributed by atoms with Crippen LogP contribution in [0.3, 0.4) is 0 Å². The van der Waals surface area contributed by atoms with Crippen molar-refractivity contribution < 1.29 is 4.79 Å². The van der Waals surface area contributed by atoms with Gasteiger partial charge in [-0.25, -0.2) is 9.67 Å². The number of hydrogen-bond donors (Lipinski definition) is 0. The Kier molecular flexibility index (Phi) is 2.53. The predicted molar refractivity (Wildman–Crippen MR) is 77.9 cm³/mol. The molecule has 0 saturated carbocycles. The maximum Gasteiger partial charge on any atom is 0.254 e. The van der Waals surface area contributed by atoms with Gasteiger partial charge in [-0.2, -0.15) is 0 Å². The van der Waals surface area contributed by atoms with E-state index in [0.29, 0.717) is 0 Å².